The van der Waals surface area contributed by atoms with Crippen LogP contribution >= 0.6 is 0 Å². The second-order valence-corrected chi connectivity index (χ2v) is 9.94. The summed E-state index contributed by atoms with van der Waals surface area (Å²) in [7, 11) is 3.94. The molecule has 33 heavy (non-hydrogen) atoms. The van der Waals surface area contributed by atoms with Crippen molar-refractivity contribution in [2.45, 2.75) is 71.0 Å². The Kier molecular flexibility index (Phi) is 8.31. The summed E-state index contributed by atoms with van der Waals surface area (Å²) in [6.45, 7) is 7.75. The van der Waals surface area contributed by atoms with Crippen LogP contribution in [0.25, 0.3) is 10.9 Å². The van der Waals surface area contributed by atoms with E-state index in [1.165, 1.54) is 48.6 Å². The van der Waals surface area contributed by atoms with Gasteiger partial charge in [-0.15, -0.1) is 0 Å². The molecule has 0 atom stereocenters. The van der Waals surface area contributed by atoms with Crippen LogP contribution in [0, 0.1) is 5.92 Å². The molecule has 0 radical (unpaired) electrons. The molecule has 0 bridgehead atoms. The van der Waals surface area contributed by atoms with Crippen LogP contribution in [0.4, 0.5) is 0 Å². The predicted octanol–water partition coefficient (Wildman–Crippen LogP) is 4.26. The molecule has 2 aromatic rings. The fourth-order valence-corrected chi connectivity index (χ4v) is 5.66. The van der Waals surface area contributed by atoms with Crippen molar-refractivity contribution in [3.63, 3.8) is 0 Å². The van der Waals surface area contributed by atoms with Gasteiger partial charge in [0.2, 0.25) is 5.91 Å². The summed E-state index contributed by atoms with van der Waals surface area (Å²) in [5, 5.41) is 4.49. The van der Waals surface area contributed by atoms with Gasteiger partial charge in [-0.2, -0.15) is 0 Å². The van der Waals surface area contributed by atoms with E-state index in [-0.39, 0.29) is 11.8 Å². The first-order chi connectivity index (χ1) is 16.1. The molecule has 4 rings (SSSR count). The molecule has 1 aliphatic carbocycles. The average Bonchev–Trinajstić information content (AvgIpc) is 3.21. The van der Waals surface area contributed by atoms with E-state index in [0.29, 0.717) is 6.04 Å². The van der Waals surface area contributed by atoms with Gasteiger partial charge < -0.3 is 19.5 Å². The molecule has 1 N–H and O–H groups in total. The first kappa shape index (κ1) is 24.1. The van der Waals surface area contributed by atoms with Crippen molar-refractivity contribution < 1.29 is 9.53 Å². The van der Waals surface area contributed by atoms with Gasteiger partial charge in [-0.25, -0.2) is 0 Å². The van der Waals surface area contributed by atoms with E-state index in [0.717, 1.165) is 57.9 Å². The molecule has 0 spiro atoms. The highest BCUT2D eigenvalue weighted by atomic mass is 16.5. The number of ether oxygens (including phenoxy) is 1. The molecule has 182 valence electrons. The smallest absolute Gasteiger partial charge is 0.223 e. The molecular weight excluding hydrogens is 412 g/mol. The molecule has 0 unspecified atom stereocenters. The van der Waals surface area contributed by atoms with Crippen molar-refractivity contribution in [3.05, 3.63) is 30.0 Å². The van der Waals surface area contributed by atoms with Crippen molar-refractivity contribution in [1.29, 1.82) is 0 Å². The zero-order chi connectivity index (χ0) is 23.2. The summed E-state index contributed by atoms with van der Waals surface area (Å²) in [4.78, 5) is 17.7. The van der Waals surface area contributed by atoms with E-state index < -0.39 is 0 Å². The third kappa shape index (κ3) is 5.90. The largest absolute Gasteiger partial charge is 0.497 e. The minimum Gasteiger partial charge on any atom is -0.497 e. The number of benzene rings is 1. The van der Waals surface area contributed by atoms with E-state index in [1.807, 2.05) is 6.07 Å². The number of hydrogen-bond acceptors (Lipinski definition) is 4. The number of piperidine rings is 1. The molecule has 1 aliphatic heterocycles. The van der Waals surface area contributed by atoms with E-state index in [2.05, 4.69) is 52.0 Å². The molecule has 2 aliphatic rings. The van der Waals surface area contributed by atoms with Gasteiger partial charge in [0.25, 0.3) is 0 Å². The topological polar surface area (TPSA) is 49.7 Å². The monoisotopic (exact) mass is 454 g/mol. The number of nitrogens with one attached hydrogen (secondary N) is 1. The average molecular weight is 455 g/mol. The highest BCUT2D eigenvalue weighted by molar-refractivity contribution is 5.85. The van der Waals surface area contributed by atoms with Crippen LogP contribution in [-0.4, -0.2) is 66.7 Å². The minimum atomic E-state index is 0.151. The number of likely N-dealkylation sites (N-methyl/N-ethyl adjacent to an activating group) is 1. The van der Waals surface area contributed by atoms with Gasteiger partial charge >= 0.3 is 0 Å². The van der Waals surface area contributed by atoms with Crippen molar-refractivity contribution in [2.75, 3.05) is 40.3 Å². The molecular formula is C27H42N4O2. The van der Waals surface area contributed by atoms with Crippen LogP contribution in [0.1, 0.15) is 57.4 Å². The van der Waals surface area contributed by atoms with Gasteiger partial charge in [0.1, 0.15) is 5.75 Å². The predicted molar refractivity (Wildman–Crippen MR) is 135 cm³/mol. The third-order valence-electron chi connectivity index (χ3n) is 7.83. The van der Waals surface area contributed by atoms with Crippen molar-refractivity contribution in [2.24, 2.45) is 5.92 Å². The highest BCUT2D eigenvalue weighted by Gasteiger charge is 2.26. The number of rotatable bonds is 9. The molecule has 6 heteroatoms. The van der Waals surface area contributed by atoms with Gasteiger partial charge in [0, 0.05) is 55.2 Å². The van der Waals surface area contributed by atoms with Crippen LogP contribution in [0.5, 0.6) is 5.75 Å². The van der Waals surface area contributed by atoms with Crippen LogP contribution in [-0.2, 0) is 17.9 Å². The SMILES string of the molecule is CCn1cc(CN2CCC(C(=O)NCCN(C)C3CCCCC3)CC2)c2cc(OC)ccc21. The normalized spacial score (nSPS) is 18.8. The van der Waals surface area contributed by atoms with Crippen molar-refractivity contribution >= 4 is 16.8 Å². The number of aromatic nitrogens is 1. The summed E-state index contributed by atoms with van der Waals surface area (Å²) in [5.74, 6) is 1.31. The quantitative estimate of drug-likeness (QED) is 0.615. The summed E-state index contributed by atoms with van der Waals surface area (Å²) in [6.07, 6.45) is 10.9. The molecule has 2 fully saturated rings. The zero-order valence-corrected chi connectivity index (χ0v) is 20.8. The van der Waals surface area contributed by atoms with Gasteiger partial charge in [0.05, 0.1) is 7.11 Å². The van der Waals surface area contributed by atoms with Gasteiger partial charge in [0.15, 0.2) is 0 Å². The number of fused-ring (bicyclic) bond motifs is 1. The summed E-state index contributed by atoms with van der Waals surface area (Å²) in [5.41, 5.74) is 2.61. The van der Waals surface area contributed by atoms with Crippen LogP contribution in [0.2, 0.25) is 0 Å². The highest BCUT2D eigenvalue weighted by Crippen LogP contribution is 2.28. The van der Waals surface area contributed by atoms with Gasteiger partial charge in [-0.1, -0.05) is 19.3 Å². The number of aryl methyl sites for hydroxylation is 1. The van der Waals surface area contributed by atoms with Gasteiger partial charge in [-0.05, 0) is 76.5 Å². The lowest BCUT2D eigenvalue weighted by Crippen LogP contribution is -2.43. The second kappa shape index (κ2) is 11.4. The fourth-order valence-electron chi connectivity index (χ4n) is 5.66. The Labute approximate surface area is 199 Å². The molecule has 1 saturated carbocycles. The number of amides is 1. The first-order valence-corrected chi connectivity index (χ1v) is 12.9. The second-order valence-electron chi connectivity index (χ2n) is 9.94. The maximum absolute atomic E-state index is 12.7. The Morgan fingerprint density at radius 2 is 1.91 bits per heavy atom. The fraction of sp³-hybridized carbons (Fsp3) is 0.667. The summed E-state index contributed by atoms with van der Waals surface area (Å²) in [6, 6.07) is 7.05. The molecule has 2 heterocycles. The standard InChI is InChI=1S/C27H42N4O2/c1-4-31-20-22(25-18-24(33-3)10-11-26(25)31)19-30-15-12-21(13-16-30)27(32)28-14-17-29(2)23-8-6-5-7-9-23/h10-11,18,20-21,23H,4-9,12-17,19H2,1-3H3,(H,28,32). The lowest BCUT2D eigenvalue weighted by Gasteiger charge is -2.32. The third-order valence-corrected chi connectivity index (χ3v) is 7.83. The molecule has 1 saturated heterocycles. The van der Waals surface area contributed by atoms with Crippen LogP contribution < -0.4 is 10.1 Å². The summed E-state index contributed by atoms with van der Waals surface area (Å²) < 4.78 is 7.78. The molecule has 1 amide bonds. The Bertz CT molecular complexity index is 910. The lowest BCUT2D eigenvalue weighted by atomic mass is 9.94. The maximum Gasteiger partial charge on any atom is 0.223 e. The van der Waals surface area contributed by atoms with Crippen molar-refractivity contribution in [3.8, 4) is 5.75 Å². The van der Waals surface area contributed by atoms with Gasteiger partial charge in [-0.3, -0.25) is 9.69 Å². The number of carbonyl (C=O) groups is 1. The Balaban J connectivity index is 1.24. The van der Waals surface area contributed by atoms with Crippen LogP contribution in [0.3, 0.4) is 0 Å². The number of likely N-dealkylation sites (tertiary alicyclic amines) is 1. The number of nitrogens with zero attached hydrogens (tertiary/aromatic N) is 3. The van der Waals surface area contributed by atoms with Crippen molar-refractivity contribution in [1.82, 2.24) is 19.7 Å². The van der Waals surface area contributed by atoms with Crippen LogP contribution in [0.15, 0.2) is 24.4 Å². The molecule has 1 aromatic heterocycles. The van der Waals surface area contributed by atoms with E-state index in [9.17, 15) is 4.79 Å². The first-order valence-electron chi connectivity index (χ1n) is 12.9. The Hall–Kier alpha value is -2.05. The molecule has 6 nitrogen and oxygen atoms in total. The summed E-state index contributed by atoms with van der Waals surface area (Å²) >= 11 is 0. The Morgan fingerprint density at radius 1 is 1.15 bits per heavy atom. The van der Waals surface area contributed by atoms with E-state index in [4.69, 9.17) is 4.74 Å². The Morgan fingerprint density at radius 3 is 2.61 bits per heavy atom. The minimum absolute atomic E-state index is 0.151. The zero-order valence-electron chi connectivity index (χ0n) is 20.8. The lowest BCUT2D eigenvalue weighted by molar-refractivity contribution is -0.126. The van der Waals surface area contributed by atoms with E-state index >= 15 is 0 Å². The van der Waals surface area contributed by atoms with E-state index in [1.54, 1.807) is 7.11 Å². The number of carbonyl (C=O) groups excluding carboxylic acids is 1. The maximum atomic E-state index is 12.7. The number of methoxy groups -OCH3 is 1. The number of hydrogen-bond donors (Lipinski definition) is 1. The molecule has 1 aromatic carbocycles.